The molecule has 33 heavy (non-hydrogen) atoms. The highest BCUT2D eigenvalue weighted by Gasteiger charge is 2.11. The molecule has 2 aromatic heterocycles. The van der Waals surface area contributed by atoms with Gasteiger partial charge in [0, 0.05) is 29.1 Å². The molecule has 9 nitrogen and oxygen atoms in total. The Morgan fingerprint density at radius 1 is 0.788 bits per heavy atom. The number of hydrogen-bond donors (Lipinski definition) is 3. The van der Waals surface area contributed by atoms with Gasteiger partial charge in [0.2, 0.25) is 0 Å². The van der Waals surface area contributed by atoms with Crippen LogP contribution in [0.1, 0.15) is 97.9 Å². The summed E-state index contributed by atoms with van der Waals surface area (Å²) in [5, 5.41) is 11.3. The van der Waals surface area contributed by atoms with Crippen molar-refractivity contribution in [2.75, 3.05) is 13.1 Å². The summed E-state index contributed by atoms with van der Waals surface area (Å²) in [7, 11) is 0. The maximum Gasteiger partial charge on any atom is 0.354 e. The summed E-state index contributed by atoms with van der Waals surface area (Å²) >= 11 is 0. The highest BCUT2D eigenvalue weighted by atomic mass is 16.4. The molecule has 4 N–H and O–H groups in total. The number of nitrogens with zero attached hydrogens (tertiary/aromatic N) is 4. The van der Waals surface area contributed by atoms with Gasteiger partial charge in [0.05, 0.1) is 0 Å². The number of nitrogens with one attached hydrogen (secondary N) is 1. The topological polar surface area (TPSA) is 144 Å². The Kier molecular flexibility index (Phi) is 23.4. The third kappa shape index (κ3) is 16.4. The van der Waals surface area contributed by atoms with Crippen molar-refractivity contribution < 1.29 is 14.7 Å². The second-order valence-corrected chi connectivity index (χ2v) is 6.85. The van der Waals surface area contributed by atoms with Gasteiger partial charge in [-0.3, -0.25) is 4.79 Å². The molecule has 0 radical (unpaired) electrons. The van der Waals surface area contributed by atoms with Crippen molar-refractivity contribution in [3.8, 4) is 0 Å². The molecule has 0 aliphatic carbocycles. The lowest BCUT2D eigenvalue weighted by Gasteiger charge is -2.05. The zero-order valence-corrected chi connectivity index (χ0v) is 22.1. The number of carbonyl (C=O) groups excluding carboxylic acids is 1. The van der Waals surface area contributed by atoms with E-state index in [1.165, 1.54) is 25.5 Å². The quantitative estimate of drug-likeness (QED) is 0.605. The van der Waals surface area contributed by atoms with Gasteiger partial charge in [0.15, 0.2) is 5.69 Å². The van der Waals surface area contributed by atoms with Crippen molar-refractivity contribution in [1.82, 2.24) is 25.3 Å². The number of rotatable bonds is 3. The van der Waals surface area contributed by atoms with Crippen LogP contribution in [0.2, 0.25) is 0 Å². The highest BCUT2D eigenvalue weighted by Crippen LogP contribution is 2.07. The summed E-state index contributed by atoms with van der Waals surface area (Å²) in [5.41, 5.74) is 8.41. The molecule has 0 spiro atoms. The van der Waals surface area contributed by atoms with E-state index >= 15 is 0 Å². The van der Waals surface area contributed by atoms with E-state index in [1.807, 2.05) is 27.7 Å². The van der Waals surface area contributed by atoms with Crippen LogP contribution in [0.5, 0.6) is 0 Å². The van der Waals surface area contributed by atoms with Crippen molar-refractivity contribution in [2.45, 2.75) is 82.1 Å². The fourth-order valence-corrected chi connectivity index (χ4v) is 1.77. The van der Waals surface area contributed by atoms with Crippen LogP contribution in [-0.4, -0.2) is 50.0 Å². The number of nitrogens with two attached hydrogens (primary N) is 1. The van der Waals surface area contributed by atoms with Crippen LogP contribution in [0.4, 0.5) is 0 Å². The van der Waals surface area contributed by atoms with E-state index in [4.69, 9.17) is 10.8 Å². The van der Waals surface area contributed by atoms with Crippen molar-refractivity contribution in [3.05, 3.63) is 46.6 Å². The third-order valence-electron chi connectivity index (χ3n) is 3.43. The van der Waals surface area contributed by atoms with Crippen LogP contribution in [-0.2, 0) is 0 Å². The number of aryl methyl sites for hydroxylation is 2. The molecular weight excluding hydrogens is 420 g/mol. The number of hydrogen-bond acceptors (Lipinski definition) is 7. The standard InChI is InChI=1S/C9H13N3O.C7H8N2O2.2C3H8.C2H7N/c1-4-10-9(13)8-6(2)7(3)11-5-12-8;1-4-5(2)8-3-9-6(4)7(10)11;2*1-3-2;1-2-3/h5H,4H2,1-3H3,(H,10,13);3H,1-2H3,(H,10,11);2*3H2,1-2H3;2-3H2,1H3. The van der Waals surface area contributed by atoms with Crippen LogP contribution in [0.3, 0.4) is 0 Å². The van der Waals surface area contributed by atoms with E-state index in [9.17, 15) is 9.59 Å². The fourth-order valence-electron chi connectivity index (χ4n) is 1.77. The molecule has 0 unspecified atom stereocenters. The molecule has 0 saturated carbocycles. The van der Waals surface area contributed by atoms with Crippen molar-refractivity contribution in [1.29, 1.82) is 0 Å². The van der Waals surface area contributed by atoms with E-state index < -0.39 is 5.97 Å². The van der Waals surface area contributed by atoms with Crippen LogP contribution in [0, 0.1) is 27.7 Å². The molecule has 0 fully saturated rings. The van der Waals surface area contributed by atoms with Gasteiger partial charge in [-0.25, -0.2) is 24.7 Å². The van der Waals surface area contributed by atoms with Gasteiger partial charge in [-0.15, -0.1) is 0 Å². The first kappa shape index (κ1) is 34.7. The summed E-state index contributed by atoms with van der Waals surface area (Å²) in [6.45, 7) is 20.8. The number of amides is 1. The predicted molar refractivity (Wildman–Crippen MR) is 135 cm³/mol. The van der Waals surface area contributed by atoms with Gasteiger partial charge in [-0.05, 0) is 41.2 Å². The first-order valence-electron chi connectivity index (χ1n) is 11.3. The molecular formula is C24H44N6O3. The second kappa shape index (κ2) is 22.3. The van der Waals surface area contributed by atoms with E-state index in [1.54, 1.807) is 13.8 Å². The molecule has 0 saturated heterocycles. The Balaban J connectivity index is -0.000000405. The monoisotopic (exact) mass is 464 g/mol. The third-order valence-corrected chi connectivity index (χ3v) is 3.43. The summed E-state index contributed by atoms with van der Waals surface area (Å²) in [6.07, 6.45) is 5.17. The van der Waals surface area contributed by atoms with Gasteiger partial charge >= 0.3 is 5.97 Å². The number of carboxylic acid groups (broad SMARTS) is 1. The SMILES string of the molecule is CCC.CCC.CCN.CCNC(=O)c1ncnc(C)c1C.Cc1ncnc(C(=O)O)c1C. The number of aromatic carboxylic acids is 1. The van der Waals surface area contributed by atoms with Crippen LogP contribution < -0.4 is 11.1 Å². The van der Waals surface area contributed by atoms with Crippen molar-refractivity contribution >= 4 is 11.9 Å². The first-order valence-corrected chi connectivity index (χ1v) is 11.3. The molecule has 2 rings (SSSR count). The Morgan fingerprint density at radius 3 is 1.42 bits per heavy atom. The molecule has 0 aliphatic rings. The molecule has 1 amide bonds. The second-order valence-electron chi connectivity index (χ2n) is 6.85. The molecule has 0 atom stereocenters. The molecule has 2 aromatic rings. The zero-order chi connectivity index (χ0) is 26.4. The zero-order valence-electron chi connectivity index (χ0n) is 22.1. The van der Waals surface area contributed by atoms with Crippen LogP contribution in [0.15, 0.2) is 12.7 Å². The Morgan fingerprint density at radius 2 is 1.12 bits per heavy atom. The lowest BCUT2D eigenvalue weighted by molar-refractivity contribution is 0.0689. The lowest BCUT2D eigenvalue weighted by atomic mass is 10.2. The maximum atomic E-state index is 11.4. The van der Waals surface area contributed by atoms with E-state index in [0.717, 1.165) is 17.8 Å². The number of carbonyl (C=O) groups is 2. The molecule has 0 aliphatic heterocycles. The van der Waals surface area contributed by atoms with Gasteiger partial charge < -0.3 is 16.2 Å². The average molecular weight is 465 g/mol. The Hall–Kier alpha value is -2.94. The Bertz CT molecular complexity index is 793. The van der Waals surface area contributed by atoms with Gasteiger partial charge in [0.25, 0.3) is 5.91 Å². The summed E-state index contributed by atoms with van der Waals surface area (Å²) in [6, 6.07) is 0. The summed E-state index contributed by atoms with van der Waals surface area (Å²) < 4.78 is 0. The summed E-state index contributed by atoms with van der Waals surface area (Å²) in [5.74, 6) is -1.14. The minimum Gasteiger partial charge on any atom is -0.477 e. The number of aromatic nitrogens is 4. The van der Waals surface area contributed by atoms with Crippen LogP contribution >= 0.6 is 0 Å². The molecule has 2 heterocycles. The van der Waals surface area contributed by atoms with E-state index in [0.29, 0.717) is 23.5 Å². The fraction of sp³-hybridized carbons (Fsp3) is 0.583. The normalized spacial score (nSPS) is 8.70. The molecule has 0 bridgehead atoms. The first-order chi connectivity index (χ1) is 15.5. The smallest absolute Gasteiger partial charge is 0.354 e. The van der Waals surface area contributed by atoms with Crippen molar-refractivity contribution in [3.63, 3.8) is 0 Å². The largest absolute Gasteiger partial charge is 0.477 e. The average Bonchev–Trinajstić information content (AvgIpc) is 2.74. The van der Waals surface area contributed by atoms with Crippen LogP contribution in [0.25, 0.3) is 0 Å². The highest BCUT2D eigenvalue weighted by molar-refractivity contribution is 5.93. The van der Waals surface area contributed by atoms with Gasteiger partial charge in [-0.2, -0.15) is 0 Å². The molecule has 188 valence electrons. The Labute approximate surface area is 199 Å². The van der Waals surface area contributed by atoms with Gasteiger partial charge in [0.1, 0.15) is 18.3 Å². The lowest BCUT2D eigenvalue weighted by Crippen LogP contribution is -2.25. The molecule has 9 heteroatoms. The summed E-state index contributed by atoms with van der Waals surface area (Å²) in [4.78, 5) is 37.3. The van der Waals surface area contributed by atoms with Gasteiger partial charge in [-0.1, -0.05) is 47.5 Å². The van der Waals surface area contributed by atoms with E-state index in [-0.39, 0.29) is 11.6 Å². The predicted octanol–water partition coefficient (Wildman–Crippen LogP) is 4.43. The van der Waals surface area contributed by atoms with E-state index in [2.05, 4.69) is 52.9 Å². The minimum atomic E-state index is -1.01. The minimum absolute atomic E-state index is 0.0810. The number of carboxylic acids is 1. The maximum absolute atomic E-state index is 11.4. The molecule has 0 aromatic carbocycles. The van der Waals surface area contributed by atoms with Crippen molar-refractivity contribution in [2.24, 2.45) is 5.73 Å².